The molecule has 1 unspecified atom stereocenters. The maximum atomic E-state index is 4.54. The van der Waals surface area contributed by atoms with Crippen LogP contribution in [0.2, 0.25) is 0 Å². The van der Waals surface area contributed by atoms with Gasteiger partial charge in [0.05, 0.1) is 5.71 Å². The molecule has 0 fully saturated rings. The van der Waals surface area contributed by atoms with Crippen LogP contribution in [0.15, 0.2) is 82.0 Å². The van der Waals surface area contributed by atoms with Crippen molar-refractivity contribution in [1.82, 2.24) is 4.90 Å². The van der Waals surface area contributed by atoms with E-state index in [1.165, 1.54) is 11.3 Å². The first kappa shape index (κ1) is 13.3. The first-order chi connectivity index (χ1) is 10.8. The topological polar surface area (TPSA) is 28.0 Å². The lowest BCUT2D eigenvalue weighted by atomic mass is 9.94. The molecule has 4 rings (SSSR count). The third-order valence-corrected chi connectivity index (χ3v) is 4.81. The summed E-state index contributed by atoms with van der Waals surface area (Å²) in [5.74, 6) is 0. The van der Waals surface area contributed by atoms with Crippen LogP contribution in [0.5, 0.6) is 0 Å². The Hall–Kier alpha value is -2.33. The molecular weight excluding hydrogens is 290 g/mol. The molecule has 2 aromatic carbocycles. The Morgan fingerprint density at radius 3 is 2.32 bits per heavy atom. The summed E-state index contributed by atoms with van der Waals surface area (Å²) in [5.41, 5.74) is 4.54. The van der Waals surface area contributed by atoms with Gasteiger partial charge in [-0.15, -0.1) is 10.2 Å². The van der Waals surface area contributed by atoms with Gasteiger partial charge in [-0.05, 0) is 17.9 Å². The fourth-order valence-corrected chi connectivity index (χ4v) is 3.67. The van der Waals surface area contributed by atoms with Gasteiger partial charge in [-0.1, -0.05) is 72.4 Å². The second-order valence-electron chi connectivity index (χ2n) is 5.29. The summed E-state index contributed by atoms with van der Waals surface area (Å²) in [6.45, 7) is 2.12. The van der Waals surface area contributed by atoms with Crippen molar-refractivity contribution < 1.29 is 0 Å². The highest BCUT2D eigenvalue weighted by atomic mass is 32.2. The lowest BCUT2D eigenvalue weighted by Crippen LogP contribution is -2.36. The highest BCUT2D eigenvalue weighted by Crippen LogP contribution is 2.39. The molecule has 0 amide bonds. The van der Waals surface area contributed by atoms with Crippen LogP contribution in [-0.2, 0) is 0 Å². The molecular formula is C18H15N3S. The lowest BCUT2D eigenvalue weighted by Gasteiger charge is -2.33. The number of hydrogen-bond acceptors (Lipinski definition) is 4. The van der Waals surface area contributed by atoms with Crippen molar-refractivity contribution in [3.05, 3.63) is 82.9 Å². The number of hydrogen-bond donors (Lipinski definition) is 0. The first-order valence-electron chi connectivity index (χ1n) is 7.23. The summed E-state index contributed by atoms with van der Waals surface area (Å²) < 4.78 is 0. The van der Waals surface area contributed by atoms with Crippen LogP contribution in [0, 0.1) is 0 Å². The van der Waals surface area contributed by atoms with Gasteiger partial charge in [0.25, 0.3) is 0 Å². The van der Waals surface area contributed by atoms with Crippen molar-refractivity contribution in [3.8, 4) is 0 Å². The summed E-state index contributed by atoms with van der Waals surface area (Å²) in [7, 11) is 0. The van der Waals surface area contributed by atoms with Crippen LogP contribution < -0.4 is 0 Å². The number of benzene rings is 2. The van der Waals surface area contributed by atoms with Crippen LogP contribution in [-0.4, -0.2) is 15.8 Å². The zero-order chi connectivity index (χ0) is 14.9. The largest absolute Gasteiger partial charge is 0.309 e. The Labute approximate surface area is 134 Å². The minimum Gasteiger partial charge on any atom is -0.309 e. The smallest absolute Gasteiger partial charge is 0.195 e. The summed E-state index contributed by atoms with van der Waals surface area (Å²) in [5, 5.41) is 12.0. The Kier molecular flexibility index (Phi) is 3.31. The van der Waals surface area contributed by atoms with E-state index in [-0.39, 0.29) is 6.04 Å². The molecule has 22 heavy (non-hydrogen) atoms. The average Bonchev–Trinajstić information content (AvgIpc) is 2.97. The standard InChI is InChI=1S/C18H15N3S/c1-13-12-22-18-20-19-16(14-8-4-2-5-9-14)17(21(13)18)15-10-6-3-7-11-15/h2-12,17H,1H3. The van der Waals surface area contributed by atoms with Crippen LogP contribution >= 0.6 is 11.8 Å². The summed E-state index contributed by atoms with van der Waals surface area (Å²) in [6.07, 6.45) is 0. The molecule has 4 heteroatoms. The van der Waals surface area contributed by atoms with E-state index in [0.717, 1.165) is 16.4 Å². The van der Waals surface area contributed by atoms with Gasteiger partial charge >= 0.3 is 0 Å². The molecule has 2 aromatic rings. The minimum atomic E-state index is 0.0716. The molecule has 3 nitrogen and oxygen atoms in total. The number of thioether (sulfide) groups is 1. The minimum absolute atomic E-state index is 0.0716. The van der Waals surface area contributed by atoms with Crippen molar-refractivity contribution in [1.29, 1.82) is 0 Å². The highest BCUT2D eigenvalue weighted by Gasteiger charge is 2.36. The normalized spacial score (nSPS) is 20.1. The Balaban J connectivity index is 1.87. The number of fused-ring (bicyclic) bond motifs is 1. The van der Waals surface area contributed by atoms with Gasteiger partial charge in [0.2, 0.25) is 0 Å². The fraction of sp³-hybridized carbons (Fsp3) is 0.111. The SMILES string of the molecule is CC1=CSC2=NN=C(c3ccccc3)C(c3ccccc3)N12. The van der Waals surface area contributed by atoms with Gasteiger partial charge in [0, 0.05) is 11.3 Å². The molecule has 1 atom stereocenters. The first-order valence-corrected chi connectivity index (χ1v) is 8.11. The lowest BCUT2D eigenvalue weighted by molar-refractivity contribution is 0.473. The molecule has 0 saturated carbocycles. The predicted octanol–water partition coefficient (Wildman–Crippen LogP) is 4.41. The Bertz CT molecular complexity index is 778. The molecule has 0 aromatic heterocycles. The molecule has 0 saturated heterocycles. The van der Waals surface area contributed by atoms with Crippen molar-refractivity contribution >= 4 is 22.6 Å². The van der Waals surface area contributed by atoms with E-state index in [0.29, 0.717) is 0 Å². The Morgan fingerprint density at radius 1 is 0.909 bits per heavy atom. The van der Waals surface area contributed by atoms with E-state index in [1.807, 2.05) is 24.3 Å². The molecule has 108 valence electrons. The zero-order valence-corrected chi connectivity index (χ0v) is 13.0. The van der Waals surface area contributed by atoms with Crippen LogP contribution in [0.25, 0.3) is 0 Å². The van der Waals surface area contributed by atoms with Gasteiger partial charge < -0.3 is 4.90 Å². The van der Waals surface area contributed by atoms with E-state index < -0.39 is 0 Å². The fourth-order valence-electron chi connectivity index (χ4n) is 2.83. The second-order valence-corrected chi connectivity index (χ2v) is 6.13. The van der Waals surface area contributed by atoms with Crippen molar-refractivity contribution in [2.24, 2.45) is 10.2 Å². The quantitative estimate of drug-likeness (QED) is 0.822. The van der Waals surface area contributed by atoms with E-state index in [1.54, 1.807) is 11.8 Å². The maximum absolute atomic E-state index is 4.54. The summed E-state index contributed by atoms with van der Waals surface area (Å²) in [6, 6.07) is 20.9. The second kappa shape index (κ2) is 5.46. The van der Waals surface area contributed by atoms with E-state index in [4.69, 9.17) is 0 Å². The van der Waals surface area contributed by atoms with Crippen molar-refractivity contribution in [2.75, 3.05) is 0 Å². The molecule has 0 bridgehead atoms. The highest BCUT2D eigenvalue weighted by molar-refractivity contribution is 8.16. The molecule has 2 aliphatic rings. The molecule has 0 aliphatic carbocycles. The predicted molar refractivity (Wildman–Crippen MR) is 92.8 cm³/mol. The number of allylic oxidation sites excluding steroid dienone is 1. The molecule has 0 spiro atoms. The van der Waals surface area contributed by atoms with Gasteiger partial charge in [-0.3, -0.25) is 0 Å². The van der Waals surface area contributed by atoms with E-state index >= 15 is 0 Å². The van der Waals surface area contributed by atoms with Crippen molar-refractivity contribution in [3.63, 3.8) is 0 Å². The molecule has 2 heterocycles. The van der Waals surface area contributed by atoms with Crippen LogP contribution in [0.1, 0.15) is 24.1 Å². The van der Waals surface area contributed by atoms with Crippen molar-refractivity contribution in [2.45, 2.75) is 13.0 Å². The van der Waals surface area contributed by atoms with Gasteiger partial charge in [0.15, 0.2) is 5.17 Å². The van der Waals surface area contributed by atoms with Crippen LogP contribution in [0.3, 0.4) is 0 Å². The van der Waals surface area contributed by atoms with Gasteiger partial charge in [0.1, 0.15) is 6.04 Å². The third-order valence-electron chi connectivity index (χ3n) is 3.87. The number of rotatable bonds is 2. The van der Waals surface area contributed by atoms with E-state index in [2.05, 4.69) is 63.8 Å². The summed E-state index contributed by atoms with van der Waals surface area (Å²) in [4.78, 5) is 2.27. The number of nitrogens with zero attached hydrogens (tertiary/aromatic N) is 3. The average molecular weight is 305 g/mol. The monoisotopic (exact) mass is 305 g/mol. The Morgan fingerprint density at radius 2 is 1.59 bits per heavy atom. The van der Waals surface area contributed by atoms with E-state index in [9.17, 15) is 0 Å². The molecule has 0 N–H and O–H groups in total. The zero-order valence-electron chi connectivity index (χ0n) is 12.2. The van der Waals surface area contributed by atoms with Crippen LogP contribution in [0.4, 0.5) is 0 Å². The third kappa shape index (κ3) is 2.16. The maximum Gasteiger partial charge on any atom is 0.195 e. The summed E-state index contributed by atoms with van der Waals surface area (Å²) >= 11 is 1.64. The molecule has 2 aliphatic heterocycles. The van der Waals surface area contributed by atoms with Gasteiger partial charge in [-0.2, -0.15) is 0 Å². The molecule has 0 radical (unpaired) electrons. The van der Waals surface area contributed by atoms with Gasteiger partial charge in [-0.25, -0.2) is 0 Å². The number of amidine groups is 1.